The molecule has 1 amide bonds. The summed E-state index contributed by atoms with van der Waals surface area (Å²) in [5.41, 5.74) is 3.25. The normalized spacial score (nSPS) is 12.2. The number of carbonyl (C=O) groups is 2. The van der Waals surface area contributed by atoms with Gasteiger partial charge in [0.25, 0.3) is 5.91 Å². The molecule has 0 bridgehead atoms. The Morgan fingerprint density at radius 2 is 1.76 bits per heavy atom. The summed E-state index contributed by atoms with van der Waals surface area (Å²) in [6.07, 6.45) is 1.79. The van der Waals surface area contributed by atoms with Crippen molar-refractivity contribution in [1.82, 2.24) is 4.98 Å². The minimum Gasteiger partial charge on any atom is -0.298 e. The number of benzene rings is 2. The number of ketones is 1. The zero-order valence-corrected chi connectivity index (χ0v) is 14.7. The average molecular weight is 348 g/mol. The van der Waals surface area contributed by atoms with Gasteiger partial charge in [0, 0.05) is 33.3 Å². The lowest BCUT2D eigenvalue weighted by atomic mass is 9.99. The highest BCUT2D eigenvalue weighted by Gasteiger charge is 2.30. The van der Waals surface area contributed by atoms with Crippen molar-refractivity contribution >= 4 is 28.2 Å². The number of carbonyl (C=O) groups excluding carboxylic acids is 2. The molecule has 1 N–H and O–H groups in total. The van der Waals surface area contributed by atoms with Crippen molar-refractivity contribution in [3.63, 3.8) is 0 Å². The van der Waals surface area contributed by atoms with Gasteiger partial charge in [-0.2, -0.15) is 0 Å². The molecule has 5 heteroatoms. The largest absolute Gasteiger partial charge is 0.298 e. The molecule has 0 saturated carbocycles. The van der Waals surface area contributed by atoms with Crippen LogP contribution in [0.25, 0.3) is 11.1 Å². The van der Waals surface area contributed by atoms with E-state index in [0.29, 0.717) is 33.3 Å². The highest BCUT2D eigenvalue weighted by atomic mass is 32.1. The molecule has 0 fully saturated rings. The van der Waals surface area contributed by atoms with E-state index in [1.807, 2.05) is 18.2 Å². The van der Waals surface area contributed by atoms with Crippen molar-refractivity contribution in [2.24, 2.45) is 0 Å². The molecular formula is C20H16N2O2S. The molecule has 1 heterocycles. The van der Waals surface area contributed by atoms with Gasteiger partial charge in [0.1, 0.15) is 0 Å². The zero-order chi connectivity index (χ0) is 17.6. The molecule has 1 aromatic heterocycles. The fraction of sp³-hybridized carbons (Fsp3) is 0.150. The predicted octanol–water partition coefficient (Wildman–Crippen LogP) is 4.73. The Morgan fingerprint density at radius 1 is 1.04 bits per heavy atom. The van der Waals surface area contributed by atoms with E-state index in [-0.39, 0.29) is 11.7 Å². The third-order valence-electron chi connectivity index (χ3n) is 4.31. The summed E-state index contributed by atoms with van der Waals surface area (Å²) >= 11 is 1.47. The maximum absolute atomic E-state index is 12.8. The summed E-state index contributed by atoms with van der Waals surface area (Å²) in [7, 11) is 0. The molecule has 0 radical (unpaired) electrons. The first-order valence-electron chi connectivity index (χ1n) is 8.10. The second-order valence-corrected chi connectivity index (χ2v) is 7.34. The molecule has 4 nitrogen and oxygen atoms in total. The van der Waals surface area contributed by atoms with Crippen LogP contribution in [0.3, 0.4) is 0 Å². The van der Waals surface area contributed by atoms with Crippen molar-refractivity contribution < 1.29 is 9.59 Å². The van der Waals surface area contributed by atoms with E-state index in [4.69, 9.17) is 0 Å². The summed E-state index contributed by atoms with van der Waals surface area (Å²) in [6, 6.07) is 12.7. The topological polar surface area (TPSA) is 59.1 Å². The van der Waals surface area contributed by atoms with E-state index in [0.717, 1.165) is 10.4 Å². The van der Waals surface area contributed by atoms with Gasteiger partial charge in [0.05, 0.1) is 0 Å². The van der Waals surface area contributed by atoms with Gasteiger partial charge in [-0.25, -0.2) is 4.98 Å². The van der Waals surface area contributed by atoms with Crippen molar-refractivity contribution in [3.05, 3.63) is 70.2 Å². The molecule has 0 aliphatic heterocycles. The molecule has 0 saturated heterocycles. The quantitative estimate of drug-likeness (QED) is 0.582. The monoisotopic (exact) mass is 348 g/mol. The number of hydrogen-bond donors (Lipinski definition) is 1. The van der Waals surface area contributed by atoms with Gasteiger partial charge in [-0.3, -0.25) is 14.9 Å². The molecular weight excluding hydrogens is 332 g/mol. The molecule has 0 unspecified atom stereocenters. The van der Waals surface area contributed by atoms with Gasteiger partial charge >= 0.3 is 0 Å². The van der Waals surface area contributed by atoms with E-state index in [9.17, 15) is 9.59 Å². The molecule has 2 aromatic carbocycles. The van der Waals surface area contributed by atoms with Crippen molar-refractivity contribution in [2.45, 2.75) is 19.8 Å². The lowest BCUT2D eigenvalue weighted by Gasteiger charge is -2.08. The van der Waals surface area contributed by atoms with Crippen LogP contribution in [0, 0.1) is 0 Å². The Hall–Kier alpha value is -2.79. The minimum absolute atomic E-state index is 0.0309. The lowest BCUT2D eigenvalue weighted by molar-refractivity contribution is 0.102. The van der Waals surface area contributed by atoms with Crippen LogP contribution in [0.1, 0.15) is 50.9 Å². The first kappa shape index (κ1) is 15.7. The molecule has 124 valence electrons. The minimum atomic E-state index is -0.244. The van der Waals surface area contributed by atoms with Gasteiger partial charge in [-0.15, -0.1) is 11.3 Å². The number of anilines is 1. The first-order valence-corrected chi connectivity index (χ1v) is 8.92. The molecule has 25 heavy (non-hydrogen) atoms. The van der Waals surface area contributed by atoms with Crippen molar-refractivity contribution in [1.29, 1.82) is 0 Å². The van der Waals surface area contributed by atoms with E-state index >= 15 is 0 Å². The number of nitrogens with one attached hydrogen (secondary N) is 1. The van der Waals surface area contributed by atoms with Crippen LogP contribution < -0.4 is 5.32 Å². The number of rotatable bonds is 3. The van der Waals surface area contributed by atoms with Crippen LogP contribution in [0.5, 0.6) is 0 Å². The van der Waals surface area contributed by atoms with Crippen LogP contribution >= 0.6 is 11.3 Å². The number of aromatic nitrogens is 1. The standard InChI is InChI=1S/C20H16N2O2S/c1-11(2)16-10-21-20(25-16)22-19(24)15-9-5-8-14-17(15)12-6-3-4-7-13(12)18(14)23/h3-11H,1-2H3,(H,21,22,24). The van der Waals surface area contributed by atoms with Gasteiger partial charge in [-0.1, -0.05) is 50.2 Å². The molecule has 3 aromatic rings. The van der Waals surface area contributed by atoms with Crippen LogP contribution in [0.15, 0.2) is 48.7 Å². The smallest absolute Gasteiger partial charge is 0.258 e. The Kier molecular flexibility index (Phi) is 3.73. The summed E-state index contributed by atoms with van der Waals surface area (Å²) in [6.45, 7) is 4.18. The highest BCUT2D eigenvalue weighted by molar-refractivity contribution is 7.15. The summed E-state index contributed by atoms with van der Waals surface area (Å²) in [4.78, 5) is 30.8. The number of fused-ring (bicyclic) bond motifs is 3. The number of amides is 1. The van der Waals surface area contributed by atoms with Gasteiger partial charge in [0.2, 0.25) is 0 Å². The Labute approximate surface area is 149 Å². The zero-order valence-electron chi connectivity index (χ0n) is 13.9. The third-order valence-corrected chi connectivity index (χ3v) is 5.52. The first-order chi connectivity index (χ1) is 12.1. The lowest BCUT2D eigenvalue weighted by Crippen LogP contribution is -2.13. The Morgan fingerprint density at radius 3 is 2.48 bits per heavy atom. The summed E-state index contributed by atoms with van der Waals surface area (Å²) in [5.74, 6) is 0.0937. The Balaban J connectivity index is 1.73. The predicted molar refractivity (Wildman–Crippen MR) is 99.5 cm³/mol. The number of nitrogens with zero attached hydrogens (tertiary/aromatic N) is 1. The van der Waals surface area contributed by atoms with Crippen molar-refractivity contribution in [3.8, 4) is 11.1 Å². The molecule has 0 spiro atoms. The van der Waals surface area contributed by atoms with E-state index in [1.54, 1.807) is 30.5 Å². The number of thiazole rings is 1. The SMILES string of the molecule is CC(C)c1cnc(NC(=O)c2cccc3c2-c2ccccc2C3=O)s1. The fourth-order valence-corrected chi connectivity index (χ4v) is 3.85. The van der Waals surface area contributed by atoms with Crippen molar-refractivity contribution in [2.75, 3.05) is 5.32 Å². The van der Waals surface area contributed by atoms with Gasteiger partial charge in [0.15, 0.2) is 10.9 Å². The summed E-state index contributed by atoms with van der Waals surface area (Å²) < 4.78 is 0. The van der Waals surface area contributed by atoms with Crippen LogP contribution in [-0.2, 0) is 0 Å². The maximum Gasteiger partial charge on any atom is 0.258 e. The van der Waals surface area contributed by atoms with Crippen LogP contribution in [-0.4, -0.2) is 16.7 Å². The van der Waals surface area contributed by atoms with E-state index < -0.39 is 0 Å². The number of hydrogen-bond acceptors (Lipinski definition) is 4. The molecule has 4 rings (SSSR count). The second-order valence-electron chi connectivity index (χ2n) is 6.28. The molecule has 1 aliphatic carbocycles. The average Bonchev–Trinajstić information content (AvgIpc) is 3.19. The third kappa shape index (κ3) is 2.57. The molecule has 0 atom stereocenters. The van der Waals surface area contributed by atoms with Crippen LogP contribution in [0.2, 0.25) is 0 Å². The maximum atomic E-state index is 12.8. The van der Waals surface area contributed by atoms with E-state index in [2.05, 4.69) is 24.1 Å². The van der Waals surface area contributed by atoms with Crippen LogP contribution in [0.4, 0.5) is 5.13 Å². The van der Waals surface area contributed by atoms with Gasteiger partial charge < -0.3 is 0 Å². The molecule has 1 aliphatic rings. The Bertz CT molecular complexity index is 1000. The van der Waals surface area contributed by atoms with E-state index in [1.165, 1.54) is 11.3 Å². The second kappa shape index (κ2) is 5.93. The van der Waals surface area contributed by atoms with Gasteiger partial charge in [-0.05, 0) is 17.5 Å². The highest BCUT2D eigenvalue weighted by Crippen LogP contribution is 2.39. The fourth-order valence-electron chi connectivity index (χ4n) is 3.04. The summed E-state index contributed by atoms with van der Waals surface area (Å²) in [5, 5.41) is 3.44.